The summed E-state index contributed by atoms with van der Waals surface area (Å²) in [7, 11) is 0. The fourth-order valence-electron chi connectivity index (χ4n) is 1.98. The molecule has 3 aromatic rings. The van der Waals surface area contributed by atoms with Crippen molar-refractivity contribution in [2.45, 2.75) is 0 Å². The zero-order valence-corrected chi connectivity index (χ0v) is 10.5. The van der Waals surface area contributed by atoms with Crippen molar-refractivity contribution < 1.29 is 9.90 Å². The number of benzene rings is 1. The molecule has 0 aliphatic heterocycles. The zero-order valence-electron chi connectivity index (χ0n) is 10.5. The van der Waals surface area contributed by atoms with Crippen LogP contribution in [0.15, 0.2) is 61.2 Å². The van der Waals surface area contributed by atoms with Gasteiger partial charge in [-0.05, 0) is 11.6 Å². The quantitative estimate of drug-likeness (QED) is 0.790. The Balaban J connectivity index is 2.05. The SMILES string of the molecule is O=C(O)c1ccncc1-n1cc(-c2ccccc2)cn1. The van der Waals surface area contributed by atoms with Crippen LogP contribution in [0.3, 0.4) is 0 Å². The highest BCUT2D eigenvalue weighted by atomic mass is 16.4. The molecule has 5 nitrogen and oxygen atoms in total. The number of carboxylic acid groups (broad SMARTS) is 1. The summed E-state index contributed by atoms with van der Waals surface area (Å²) in [5.41, 5.74) is 2.56. The fourth-order valence-corrected chi connectivity index (χ4v) is 1.98. The molecule has 20 heavy (non-hydrogen) atoms. The van der Waals surface area contributed by atoms with Crippen LogP contribution in [0.2, 0.25) is 0 Å². The van der Waals surface area contributed by atoms with Gasteiger partial charge < -0.3 is 5.11 Å². The summed E-state index contributed by atoms with van der Waals surface area (Å²) < 4.78 is 1.53. The Kier molecular flexibility index (Phi) is 3.01. The average Bonchev–Trinajstić information content (AvgIpc) is 2.98. The highest BCUT2D eigenvalue weighted by Gasteiger charge is 2.12. The molecular weight excluding hydrogens is 254 g/mol. The van der Waals surface area contributed by atoms with E-state index < -0.39 is 5.97 Å². The Morgan fingerprint density at radius 1 is 1.05 bits per heavy atom. The Labute approximate surface area is 115 Å². The first kappa shape index (κ1) is 12.1. The van der Waals surface area contributed by atoms with Gasteiger partial charge >= 0.3 is 5.97 Å². The molecule has 0 saturated heterocycles. The maximum atomic E-state index is 11.2. The summed E-state index contributed by atoms with van der Waals surface area (Å²) in [5.74, 6) is -1.00. The van der Waals surface area contributed by atoms with E-state index >= 15 is 0 Å². The maximum Gasteiger partial charge on any atom is 0.338 e. The van der Waals surface area contributed by atoms with Crippen LogP contribution in [0.5, 0.6) is 0 Å². The third-order valence-corrected chi connectivity index (χ3v) is 2.97. The van der Waals surface area contributed by atoms with Crippen LogP contribution in [0.1, 0.15) is 10.4 Å². The van der Waals surface area contributed by atoms with Crippen LogP contribution in [0.4, 0.5) is 0 Å². The Bertz CT molecular complexity index is 751. The maximum absolute atomic E-state index is 11.2. The van der Waals surface area contributed by atoms with Crippen molar-refractivity contribution in [3.63, 3.8) is 0 Å². The molecule has 0 aliphatic carbocycles. The summed E-state index contributed by atoms with van der Waals surface area (Å²) in [4.78, 5) is 15.2. The molecule has 0 bridgehead atoms. The van der Waals surface area contributed by atoms with Crippen LogP contribution in [0.25, 0.3) is 16.8 Å². The summed E-state index contributed by atoms with van der Waals surface area (Å²) in [6, 6.07) is 11.2. The summed E-state index contributed by atoms with van der Waals surface area (Å²) in [5, 5.41) is 13.4. The topological polar surface area (TPSA) is 68.0 Å². The van der Waals surface area contributed by atoms with Crippen molar-refractivity contribution in [2.75, 3.05) is 0 Å². The number of carboxylic acids is 1. The minimum atomic E-state index is -1.00. The second kappa shape index (κ2) is 4.97. The molecule has 2 aromatic heterocycles. The van der Waals surface area contributed by atoms with Gasteiger partial charge in [-0.2, -0.15) is 5.10 Å². The molecule has 2 heterocycles. The number of aromatic nitrogens is 3. The molecule has 0 unspecified atom stereocenters. The van der Waals surface area contributed by atoms with E-state index in [4.69, 9.17) is 0 Å². The van der Waals surface area contributed by atoms with E-state index in [1.807, 2.05) is 30.3 Å². The molecule has 1 N–H and O–H groups in total. The molecule has 0 fully saturated rings. The van der Waals surface area contributed by atoms with E-state index in [9.17, 15) is 9.90 Å². The Hall–Kier alpha value is -2.95. The van der Waals surface area contributed by atoms with Crippen LogP contribution in [-0.4, -0.2) is 25.8 Å². The van der Waals surface area contributed by atoms with E-state index in [0.29, 0.717) is 5.69 Å². The third kappa shape index (κ3) is 2.16. The largest absolute Gasteiger partial charge is 0.478 e. The van der Waals surface area contributed by atoms with E-state index in [2.05, 4.69) is 10.1 Å². The molecule has 0 radical (unpaired) electrons. The molecule has 5 heteroatoms. The van der Waals surface area contributed by atoms with Crippen molar-refractivity contribution in [1.82, 2.24) is 14.8 Å². The molecule has 3 rings (SSSR count). The molecule has 0 spiro atoms. The first-order valence-electron chi connectivity index (χ1n) is 6.03. The molecule has 98 valence electrons. The predicted molar refractivity (Wildman–Crippen MR) is 73.8 cm³/mol. The van der Waals surface area contributed by atoms with Crippen molar-refractivity contribution in [3.05, 3.63) is 66.7 Å². The molecule has 0 atom stereocenters. The number of hydrogen-bond donors (Lipinski definition) is 1. The van der Waals surface area contributed by atoms with Crippen LogP contribution >= 0.6 is 0 Å². The molecule has 1 aromatic carbocycles. The van der Waals surface area contributed by atoms with E-state index in [0.717, 1.165) is 11.1 Å². The number of pyridine rings is 1. The van der Waals surface area contributed by atoms with Crippen molar-refractivity contribution in [2.24, 2.45) is 0 Å². The highest BCUT2D eigenvalue weighted by Crippen LogP contribution is 2.20. The van der Waals surface area contributed by atoms with Crippen LogP contribution in [0, 0.1) is 0 Å². The molecule has 0 amide bonds. The Morgan fingerprint density at radius 3 is 2.60 bits per heavy atom. The standard InChI is InChI=1S/C15H11N3O2/c19-15(20)13-6-7-16-9-14(13)18-10-12(8-17-18)11-4-2-1-3-5-11/h1-10H,(H,19,20). The van der Waals surface area contributed by atoms with Gasteiger partial charge in [0, 0.05) is 18.0 Å². The lowest BCUT2D eigenvalue weighted by molar-refractivity contribution is 0.0696. The fraction of sp³-hybridized carbons (Fsp3) is 0. The van der Waals surface area contributed by atoms with Gasteiger partial charge in [-0.25, -0.2) is 9.48 Å². The minimum absolute atomic E-state index is 0.169. The van der Waals surface area contributed by atoms with Crippen LogP contribution < -0.4 is 0 Å². The number of carbonyl (C=O) groups is 1. The van der Waals surface area contributed by atoms with Gasteiger partial charge in [-0.1, -0.05) is 30.3 Å². The second-order valence-corrected chi connectivity index (χ2v) is 4.24. The number of aromatic carboxylic acids is 1. The smallest absolute Gasteiger partial charge is 0.338 e. The third-order valence-electron chi connectivity index (χ3n) is 2.97. The Morgan fingerprint density at radius 2 is 1.85 bits per heavy atom. The number of hydrogen-bond acceptors (Lipinski definition) is 3. The van der Waals surface area contributed by atoms with Crippen molar-refractivity contribution in [3.8, 4) is 16.8 Å². The van der Waals surface area contributed by atoms with Gasteiger partial charge in [0.15, 0.2) is 0 Å². The lowest BCUT2D eigenvalue weighted by atomic mass is 10.1. The number of rotatable bonds is 3. The van der Waals surface area contributed by atoms with Gasteiger partial charge in [0.1, 0.15) is 0 Å². The second-order valence-electron chi connectivity index (χ2n) is 4.24. The van der Waals surface area contributed by atoms with Gasteiger partial charge in [0.2, 0.25) is 0 Å². The van der Waals surface area contributed by atoms with Crippen molar-refractivity contribution in [1.29, 1.82) is 0 Å². The van der Waals surface area contributed by atoms with Gasteiger partial charge in [0.05, 0.1) is 23.6 Å². The van der Waals surface area contributed by atoms with E-state index in [1.54, 1.807) is 12.4 Å². The van der Waals surface area contributed by atoms with Gasteiger partial charge in [-0.15, -0.1) is 0 Å². The van der Waals surface area contributed by atoms with Gasteiger partial charge in [-0.3, -0.25) is 4.98 Å². The van der Waals surface area contributed by atoms with E-state index in [-0.39, 0.29) is 5.56 Å². The molecule has 0 saturated carbocycles. The minimum Gasteiger partial charge on any atom is -0.478 e. The first-order valence-corrected chi connectivity index (χ1v) is 6.03. The summed E-state index contributed by atoms with van der Waals surface area (Å²) in [6.07, 6.45) is 6.44. The normalized spacial score (nSPS) is 10.4. The van der Waals surface area contributed by atoms with E-state index in [1.165, 1.54) is 23.1 Å². The summed E-state index contributed by atoms with van der Waals surface area (Å²) in [6.45, 7) is 0. The first-order chi connectivity index (χ1) is 9.75. The lowest BCUT2D eigenvalue weighted by Crippen LogP contribution is -2.06. The lowest BCUT2D eigenvalue weighted by Gasteiger charge is -2.04. The number of nitrogens with zero attached hydrogens (tertiary/aromatic N) is 3. The average molecular weight is 265 g/mol. The zero-order chi connectivity index (χ0) is 13.9. The van der Waals surface area contributed by atoms with Gasteiger partial charge in [0.25, 0.3) is 0 Å². The summed E-state index contributed by atoms with van der Waals surface area (Å²) >= 11 is 0. The molecule has 0 aliphatic rings. The predicted octanol–water partition coefficient (Wildman–Crippen LogP) is 2.63. The van der Waals surface area contributed by atoms with Crippen LogP contribution in [-0.2, 0) is 0 Å². The molecular formula is C15H11N3O2. The monoisotopic (exact) mass is 265 g/mol. The highest BCUT2D eigenvalue weighted by molar-refractivity contribution is 5.91. The van der Waals surface area contributed by atoms with Crippen molar-refractivity contribution >= 4 is 5.97 Å².